The zero-order chi connectivity index (χ0) is 16.3. The molecule has 1 aromatic heterocycles. The maximum Gasteiger partial charge on any atom is 0.410 e. The van der Waals surface area contributed by atoms with E-state index in [0.717, 1.165) is 25.2 Å². The van der Waals surface area contributed by atoms with Gasteiger partial charge in [-0.15, -0.1) is 0 Å². The number of likely N-dealkylation sites (N-methyl/N-ethyl adjacent to an activating group) is 1. The van der Waals surface area contributed by atoms with Crippen LogP contribution in [0, 0.1) is 5.82 Å². The lowest BCUT2D eigenvalue weighted by Gasteiger charge is -2.38. The smallest absolute Gasteiger partial charge is 0.410 e. The molecule has 6 nitrogen and oxygen atoms in total. The lowest BCUT2D eigenvalue weighted by Crippen LogP contribution is -2.50. The first kappa shape index (κ1) is 16.5. The molecule has 2 rings (SSSR count). The van der Waals surface area contributed by atoms with E-state index in [4.69, 9.17) is 4.74 Å². The third kappa shape index (κ3) is 4.29. The highest BCUT2D eigenvalue weighted by Gasteiger charge is 2.30. The van der Waals surface area contributed by atoms with Gasteiger partial charge >= 0.3 is 6.09 Å². The highest BCUT2D eigenvalue weighted by molar-refractivity contribution is 5.68. The molecule has 1 aromatic rings. The molecule has 0 spiro atoms. The number of amides is 1. The van der Waals surface area contributed by atoms with Gasteiger partial charge in [0.15, 0.2) is 5.82 Å². The molecule has 1 saturated heterocycles. The fourth-order valence-corrected chi connectivity index (χ4v) is 2.41. The fraction of sp³-hybridized carbons (Fsp3) is 0.667. The van der Waals surface area contributed by atoms with Gasteiger partial charge in [0.2, 0.25) is 5.95 Å². The maximum atomic E-state index is 12.9. The van der Waals surface area contributed by atoms with Crippen molar-refractivity contribution in [1.82, 2.24) is 14.9 Å². The van der Waals surface area contributed by atoms with E-state index in [2.05, 4.69) is 9.97 Å². The van der Waals surface area contributed by atoms with Crippen LogP contribution < -0.4 is 4.90 Å². The molecule has 1 aliphatic rings. The quantitative estimate of drug-likeness (QED) is 0.840. The molecule has 7 heteroatoms. The normalized spacial score (nSPS) is 19.0. The summed E-state index contributed by atoms with van der Waals surface area (Å²) in [6.45, 7) is 6.79. The van der Waals surface area contributed by atoms with Crippen LogP contribution in [0.4, 0.5) is 15.1 Å². The van der Waals surface area contributed by atoms with Gasteiger partial charge in [-0.3, -0.25) is 0 Å². The minimum absolute atomic E-state index is 0.0896. The van der Waals surface area contributed by atoms with Crippen molar-refractivity contribution >= 4 is 12.0 Å². The summed E-state index contributed by atoms with van der Waals surface area (Å²) >= 11 is 0. The number of aromatic nitrogens is 2. The number of hydrogen-bond acceptors (Lipinski definition) is 5. The fourth-order valence-electron chi connectivity index (χ4n) is 2.41. The Morgan fingerprint density at radius 3 is 2.64 bits per heavy atom. The van der Waals surface area contributed by atoms with E-state index >= 15 is 0 Å². The largest absolute Gasteiger partial charge is 0.444 e. The van der Waals surface area contributed by atoms with E-state index in [1.165, 1.54) is 0 Å². The van der Waals surface area contributed by atoms with Gasteiger partial charge in [0.25, 0.3) is 0 Å². The second kappa shape index (κ2) is 6.46. The summed E-state index contributed by atoms with van der Waals surface area (Å²) in [5.74, 6) is -0.00591. The van der Waals surface area contributed by atoms with Crippen LogP contribution in [0.1, 0.15) is 33.6 Å². The van der Waals surface area contributed by atoms with Crippen LogP contribution in [0.3, 0.4) is 0 Å². The molecule has 1 amide bonds. The summed E-state index contributed by atoms with van der Waals surface area (Å²) in [6, 6.07) is 0.0896. The Balaban J connectivity index is 2.00. The Labute approximate surface area is 130 Å². The van der Waals surface area contributed by atoms with Gasteiger partial charge in [-0.05, 0) is 33.6 Å². The first-order chi connectivity index (χ1) is 10.3. The minimum Gasteiger partial charge on any atom is -0.444 e. The SMILES string of the molecule is CN(c1ncc(F)cn1)C1CCCN(C(=O)OC(C)(C)C)C1. The topological polar surface area (TPSA) is 58.6 Å². The number of nitrogens with zero attached hydrogens (tertiary/aromatic N) is 4. The van der Waals surface area contributed by atoms with E-state index in [1.54, 1.807) is 4.90 Å². The molecule has 1 unspecified atom stereocenters. The number of halogens is 1. The van der Waals surface area contributed by atoms with E-state index in [9.17, 15) is 9.18 Å². The van der Waals surface area contributed by atoms with Crippen LogP contribution >= 0.6 is 0 Å². The van der Waals surface area contributed by atoms with Crippen LogP contribution in [-0.2, 0) is 4.74 Å². The predicted molar refractivity (Wildman–Crippen MR) is 81.2 cm³/mol. The monoisotopic (exact) mass is 310 g/mol. The van der Waals surface area contributed by atoms with Crippen LogP contribution in [0.15, 0.2) is 12.4 Å². The molecular weight excluding hydrogens is 287 g/mol. The van der Waals surface area contributed by atoms with Crippen LogP contribution in [0.2, 0.25) is 0 Å². The second-order valence-corrected chi connectivity index (χ2v) is 6.53. The van der Waals surface area contributed by atoms with Gasteiger partial charge in [-0.1, -0.05) is 0 Å². The lowest BCUT2D eigenvalue weighted by molar-refractivity contribution is 0.0199. The molecule has 0 bridgehead atoms. The molecule has 122 valence electrons. The first-order valence-corrected chi connectivity index (χ1v) is 7.44. The molecule has 0 aliphatic carbocycles. The van der Waals surface area contributed by atoms with Gasteiger partial charge in [-0.25, -0.2) is 19.2 Å². The Morgan fingerprint density at radius 1 is 1.41 bits per heavy atom. The number of carbonyl (C=O) groups excluding carboxylic acids is 1. The number of ether oxygens (including phenoxy) is 1. The van der Waals surface area contributed by atoms with Gasteiger partial charge in [0.1, 0.15) is 5.60 Å². The van der Waals surface area contributed by atoms with Crippen LogP contribution in [0.5, 0.6) is 0 Å². The van der Waals surface area contributed by atoms with E-state index < -0.39 is 11.4 Å². The van der Waals surface area contributed by atoms with E-state index in [0.29, 0.717) is 19.0 Å². The Kier molecular flexibility index (Phi) is 4.83. The minimum atomic E-state index is -0.504. The van der Waals surface area contributed by atoms with Crippen LogP contribution in [-0.4, -0.2) is 52.7 Å². The summed E-state index contributed by atoms with van der Waals surface area (Å²) in [5.41, 5.74) is -0.504. The molecule has 0 radical (unpaired) electrons. The molecule has 0 aromatic carbocycles. The van der Waals surface area contributed by atoms with Gasteiger partial charge in [-0.2, -0.15) is 0 Å². The van der Waals surface area contributed by atoms with Gasteiger partial charge in [0, 0.05) is 26.2 Å². The number of carbonyl (C=O) groups is 1. The first-order valence-electron chi connectivity index (χ1n) is 7.44. The molecule has 1 atom stereocenters. The van der Waals surface area contributed by atoms with Gasteiger partial charge < -0.3 is 14.5 Å². The summed E-state index contributed by atoms with van der Waals surface area (Å²) in [6.07, 6.45) is 3.80. The molecule has 1 fully saturated rings. The standard InChI is InChI=1S/C15H23FN4O2/c1-15(2,3)22-14(21)20-7-5-6-12(10-20)19(4)13-17-8-11(16)9-18-13/h8-9,12H,5-7,10H2,1-4H3. The summed E-state index contributed by atoms with van der Waals surface area (Å²) in [7, 11) is 1.86. The van der Waals surface area contributed by atoms with Crippen molar-refractivity contribution in [2.24, 2.45) is 0 Å². The third-order valence-corrected chi connectivity index (χ3v) is 3.52. The molecular formula is C15H23FN4O2. The summed E-state index contributed by atoms with van der Waals surface area (Å²) < 4.78 is 18.3. The highest BCUT2D eigenvalue weighted by atomic mass is 19.1. The zero-order valence-corrected chi connectivity index (χ0v) is 13.5. The highest BCUT2D eigenvalue weighted by Crippen LogP contribution is 2.20. The van der Waals surface area contributed by atoms with Crippen LogP contribution in [0.25, 0.3) is 0 Å². The molecule has 1 aliphatic heterocycles. The van der Waals surface area contributed by atoms with Crippen molar-refractivity contribution in [1.29, 1.82) is 0 Å². The molecule has 0 N–H and O–H groups in total. The van der Waals surface area contributed by atoms with Gasteiger partial charge in [0.05, 0.1) is 12.4 Å². The number of anilines is 1. The number of piperidine rings is 1. The second-order valence-electron chi connectivity index (χ2n) is 6.53. The maximum absolute atomic E-state index is 12.9. The lowest BCUT2D eigenvalue weighted by atomic mass is 10.1. The Bertz CT molecular complexity index is 515. The van der Waals surface area contributed by atoms with Crippen molar-refractivity contribution in [3.63, 3.8) is 0 Å². The van der Waals surface area contributed by atoms with Crippen molar-refractivity contribution in [3.05, 3.63) is 18.2 Å². The molecule has 2 heterocycles. The van der Waals surface area contributed by atoms with Crippen molar-refractivity contribution < 1.29 is 13.9 Å². The molecule has 22 heavy (non-hydrogen) atoms. The third-order valence-electron chi connectivity index (χ3n) is 3.52. The van der Waals surface area contributed by atoms with E-state index in [1.807, 2.05) is 32.7 Å². The number of likely N-dealkylation sites (tertiary alicyclic amines) is 1. The predicted octanol–water partition coefficient (Wildman–Crippen LogP) is 2.45. The molecule has 0 saturated carbocycles. The summed E-state index contributed by atoms with van der Waals surface area (Å²) in [5, 5.41) is 0. The number of hydrogen-bond donors (Lipinski definition) is 0. The average molecular weight is 310 g/mol. The zero-order valence-electron chi connectivity index (χ0n) is 13.5. The van der Waals surface area contributed by atoms with E-state index in [-0.39, 0.29) is 12.1 Å². The van der Waals surface area contributed by atoms with Crippen molar-refractivity contribution in [2.45, 2.75) is 45.3 Å². The number of rotatable bonds is 2. The van der Waals surface area contributed by atoms with Crippen molar-refractivity contribution in [3.8, 4) is 0 Å². The Morgan fingerprint density at radius 2 is 2.05 bits per heavy atom. The van der Waals surface area contributed by atoms with Crippen molar-refractivity contribution in [2.75, 3.05) is 25.0 Å². The summed E-state index contributed by atoms with van der Waals surface area (Å²) in [4.78, 5) is 23.7. The Hall–Kier alpha value is -1.92. The average Bonchev–Trinajstić information content (AvgIpc) is 2.46.